The second-order valence-corrected chi connectivity index (χ2v) is 8.87. The number of aromatic amines is 1. The number of aromatic nitrogens is 2. The maximum absolute atomic E-state index is 12.8. The van der Waals surface area contributed by atoms with Gasteiger partial charge in [0.25, 0.3) is 5.91 Å². The van der Waals surface area contributed by atoms with Crippen LogP contribution in [0.1, 0.15) is 29.9 Å². The van der Waals surface area contributed by atoms with Crippen LogP contribution in [0.5, 0.6) is 5.75 Å². The predicted molar refractivity (Wildman–Crippen MR) is 126 cm³/mol. The molecule has 4 rings (SSSR count). The Morgan fingerprint density at radius 1 is 1.25 bits per heavy atom. The Hall–Kier alpha value is -2.74. The van der Waals surface area contributed by atoms with Crippen LogP contribution in [0.15, 0.2) is 36.7 Å². The van der Waals surface area contributed by atoms with Crippen LogP contribution in [-0.2, 0) is 11.2 Å². The molecule has 1 aliphatic heterocycles. The number of amides is 1. The molecule has 1 aromatic carbocycles. The van der Waals surface area contributed by atoms with Gasteiger partial charge in [0.15, 0.2) is 0 Å². The second-order valence-electron chi connectivity index (χ2n) is 8.09. The normalized spacial score (nSPS) is 13.5. The van der Waals surface area contributed by atoms with Gasteiger partial charge in [0.2, 0.25) is 0 Å². The van der Waals surface area contributed by atoms with Crippen molar-refractivity contribution in [3.05, 3.63) is 58.0 Å². The van der Waals surface area contributed by atoms with Crippen molar-refractivity contribution in [1.82, 2.24) is 15.3 Å². The number of anilines is 2. The van der Waals surface area contributed by atoms with Gasteiger partial charge in [-0.2, -0.15) is 0 Å². The third-order valence-electron chi connectivity index (χ3n) is 5.36. The SMILES string of the molecule is COC(C)(C)COc1cnccc1-c1[nH]c2c(c1Nc1cccc(Cl)c1Cl)C(=O)NCC2. The molecule has 0 saturated carbocycles. The van der Waals surface area contributed by atoms with E-state index in [2.05, 4.69) is 20.6 Å². The Labute approximate surface area is 196 Å². The maximum atomic E-state index is 12.8. The van der Waals surface area contributed by atoms with Gasteiger partial charge in [0.05, 0.1) is 44.5 Å². The zero-order valence-electron chi connectivity index (χ0n) is 18.0. The Balaban J connectivity index is 1.82. The minimum atomic E-state index is -0.475. The topological polar surface area (TPSA) is 88.3 Å². The summed E-state index contributed by atoms with van der Waals surface area (Å²) in [6.07, 6.45) is 4.01. The molecule has 0 unspecified atom stereocenters. The van der Waals surface area contributed by atoms with E-state index in [1.54, 1.807) is 31.6 Å². The van der Waals surface area contributed by atoms with Crippen LogP contribution in [0.25, 0.3) is 11.3 Å². The first-order valence-electron chi connectivity index (χ1n) is 10.2. The van der Waals surface area contributed by atoms with Crippen LogP contribution < -0.4 is 15.4 Å². The fourth-order valence-electron chi connectivity index (χ4n) is 3.45. The van der Waals surface area contributed by atoms with Crippen molar-refractivity contribution in [2.75, 3.05) is 25.6 Å². The van der Waals surface area contributed by atoms with E-state index in [9.17, 15) is 4.79 Å². The Morgan fingerprint density at radius 2 is 2.06 bits per heavy atom. The molecule has 1 aliphatic rings. The first-order valence-corrected chi connectivity index (χ1v) is 10.9. The van der Waals surface area contributed by atoms with Gasteiger partial charge < -0.3 is 25.1 Å². The molecule has 7 nitrogen and oxygen atoms in total. The molecule has 168 valence electrons. The summed E-state index contributed by atoms with van der Waals surface area (Å²) >= 11 is 12.6. The van der Waals surface area contributed by atoms with Gasteiger partial charge in [0, 0.05) is 37.5 Å². The van der Waals surface area contributed by atoms with Crippen LogP contribution >= 0.6 is 23.2 Å². The molecule has 3 N–H and O–H groups in total. The van der Waals surface area contributed by atoms with E-state index >= 15 is 0 Å². The Kier molecular flexibility index (Phi) is 6.33. The number of nitrogens with zero attached hydrogens (tertiary/aromatic N) is 1. The van der Waals surface area contributed by atoms with E-state index in [-0.39, 0.29) is 5.91 Å². The summed E-state index contributed by atoms with van der Waals surface area (Å²) in [7, 11) is 1.64. The zero-order valence-corrected chi connectivity index (χ0v) is 19.5. The smallest absolute Gasteiger partial charge is 0.255 e. The van der Waals surface area contributed by atoms with E-state index in [1.807, 2.05) is 26.0 Å². The molecule has 0 radical (unpaired) electrons. The van der Waals surface area contributed by atoms with Gasteiger partial charge in [-0.3, -0.25) is 9.78 Å². The number of halogens is 2. The highest BCUT2D eigenvalue weighted by atomic mass is 35.5. The van der Waals surface area contributed by atoms with Crippen molar-refractivity contribution in [2.45, 2.75) is 25.9 Å². The van der Waals surface area contributed by atoms with Crippen molar-refractivity contribution < 1.29 is 14.3 Å². The number of nitrogens with one attached hydrogen (secondary N) is 3. The average molecular weight is 475 g/mol. The lowest BCUT2D eigenvalue weighted by atomic mass is 10.0. The minimum Gasteiger partial charge on any atom is -0.488 e. The number of methoxy groups -OCH3 is 1. The third kappa shape index (κ3) is 4.41. The molecule has 0 fully saturated rings. The summed E-state index contributed by atoms with van der Waals surface area (Å²) in [5.41, 5.74) is 3.57. The van der Waals surface area contributed by atoms with E-state index in [0.29, 0.717) is 58.0 Å². The fraction of sp³-hybridized carbons (Fsp3) is 0.304. The van der Waals surface area contributed by atoms with E-state index in [4.69, 9.17) is 32.7 Å². The van der Waals surface area contributed by atoms with Crippen molar-refractivity contribution in [2.24, 2.45) is 0 Å². The number of pyridine rings is 1. The summed E-state index contributed by atoms with van der Waals surface area (Å²) in [5.74, 6) is 0.406. The molecule has 1 amide bonds. The monoisotopic (exact) mass is 474 g/mol. The zero-order chi connectivity index (χ0) is 22.9. The second kappa shape index (κ2) is 9.02. The standard InChI is InChI=1S/C23H24Cl2N4O3/c1-23(2,31-3)12-32-17-11-26-9-7-13(17)20-21(18-15(28-20)8-10-27-22(18)30)29-16-6-4-5-14(24)19(16)25/h4-7,9,11,28-29H,8,10,12H2,1-3H3,(H,27,30). The molecule has 0 aliphatic carbocycles. The summed E-state index contributed by atoms with van der Waals surface area (Å²) in [5, 5.41) is 7.02. The van der Waals surface area contributed by atoms with Gasteiger partial charge in [-0.25, -0.2) is 0 Å². The number of hydrogen-bond donors (Lipinski definition) is 3. The third-order valence-corrected chi connectivity index (χ3v) is 6.18. The number of ether oxygens (including phenoxy) is 2. The number of benzene rings is 1. The van der Waals surface area contributed by atoms with Crippen LogP contribution in [-0.4, -0.2) is 41.7 Å². The average Bonchev–Trinajstić information content (AvgIpc) is 3.15. The lowest BCUT2D eigenvalue weighted by molar-refractivity contribution is -0.0146. The Bertz CT molecular complexity index is 1160. The van der Waals surface area contributed by atoms with Gasteiger partial charge in [-0.15, -0.1) is 0 Å². The number of carbonyl (C=O) groups excluding carboxylic acids is 1. The molecule has 0 atom stereocenters. The van der Waals surface area contributed by atoms with Crippen molar-refractivity contribution >= 4 is 40.5 Å². The minimum absolute atomic E-state index is 0.161. The van der Waals surface area contributed by atoms with Crippen molar-refractivity contribution in [3.63, 3.8) is 0 Å². The van der Waals surface area contributed by atoms with Crippen molar-refractivity contribution in [3.8, 4) is 17.0 Å². The van der Waals surface area contributed by atoms with Gasteiger partial charge >= 0.3 is 0 Å². The predicted octanol–water partition coefficient (Wildman–Crippen LogP) is 5.22. The van der Waals surface area contributed by atoms with Gasteiger partial charge in [0.1, 0.15) is 12.4 Å². The quantitative estimate of drug-likeness (QED) is 0.436. The van der Waals surface area contributed by atoms with Crippen LogP contribution in [0.3, 0.4) is 0 Å². The molecule has 9 heteroatoms. The summed E-state index contributed by atoms with van der Waals surface area (Å²) < 4.78 is 11.5. The fourth-order valence-corrected chi connectivity index (χ4v) is 3.80. The molecule has 32 heavy (non-hydrogen) atoms. The maximum Gasteiger partial charge on any atom is 0.255 e. The molecule has 0 spiro atoms. The van der Waals surface area contributed by atoms with Crippen LogP contribution in [0, 0.1) is 0 Å². The molecule has 3 heterocycles. The highest BCUT2D eigenvalue weighted by molar-refractivity contribution is 6.43. The highest BCUT2D eigenvalue weighted by Gasteiger charge is 2.29. The van der Waals surface area contributed by atoms with Crippen molar-refractivity contribution in [1.29, 1.82) is 0 Å². The number of carbonyl (C=O) groups is 1. The summed E-state index contributed by atoms with van der Waals surface area (Å²) in [6.45, 7) is 4.76. The first kappa shape index (κ1) is 22.5. The molecule has 2 aromatic heterocycles. The molecular formula is C23H24Cl2N4O3. The number of hydrogen-bond acceptors (Lipinski definition) is 5. The van der Waals surface area contributed by atoms with Gasteiger partial charge in [-0.05, 0) is 32.0 Å². The number of fused-ring (bicyclic) bond motifs is 1. The number of H-pyrrole nitrogens is 1. The summed E-state index contributed by atoms with van der Waals surface area (Å²) in [6, 6.07) is 7.16. The number of rotatable bonds is 7. The Morgan fingerprint density at radius 3 is 2.84 bits per heavy atom. The van der Waals surface area contributed by atoms with Crippen LogP contribution in [0.4, 0.5) is 11.4 Å². The highest BCUT2D eigenvalue weighted by Crippen LogP contribution is 2.42. The molecule has 3 aromatic rings. The lowest BCUT2D eigenvalue weighted by Gasteiger charge is -2.23. The van der Waals surface area contributed by atoms with E-state index in [0.717, 1.165) is 11.3 Å². The van der Waals surface area contributed by atoms with E-state index in [1.165, 1.54) is 0 Å². The van der Waals surface area contributed by atoms with E-state index < -0.39 is 5.60 Å². The largest absolute Gasteiger partial charge is 0.488 e. The molecule has 0 saturated heterocycles. The molecule has 0 bridgehead atoms. The lowest BCUT2D eigenvalue weighted by Crippen LogP contribution is -2.31. The van der Waals surface area contributed by atoms with Crippen LogP contribution in [0.2, 0.25) is 10.0 Å². The first-order chi connectivity index (χ1) is 15.3. The summed E-state index contributed by atoms with van der Waals surface area (Å²) in [4.78, 5) is 20.4. The molecular weight excluding hydrogens is 451 g/mol. The van der Waals surface area contributed by atoms with Gasteiger partial charge in [-0.1, -0.05) is 29.3 Å².